The first-order valence-corrected chi connectivity index (χ1v) is 6.01. The number of rotatable bonds is 2. The largest absolute Gasteiger partial charge is 0.367 e. The molecule has 0 aromatic heterocycles. The van der Waals surface area contributed by atoms with E-state index in [9.17, 15) is 9.59 Å². The first-order chi connectivity index (χ1) is 8.59. The summed E-state index contributed by atoms with van der Waals surface area (Å²) in [6, 6.07) is 8.53. The zero-order valence-electron chi connectivity index (χ0n) is 10.1. The van der Waals surface area contributed by atoms with E-state index in [1.165, 1.54) is 4.90 Å². The third kappa shape index (κ3) is 1.81. The Balaban J connectivity index is 2.54. The number of piperidine rings is 1. The molecule has 2 rings (SSSR count). The van der Waals surface area contributed by atoms with Crippen LogP contribution in [0.4, 0.5) is 4.79 Å². The second-order valence-corrected chi connectivity index (χ2v) is 4.54. The number of benzene rings is 1. The molecule has 0 spiro atoms. The Kier molecular flexibility index (Phi) is 3.23. The van der Waals surface area contributed by atoms with Crippen molar-refractivity contribution in [2.24, 2.45) is 11.5 Å². The minimum atomic E-state index is -1.09. The van der Waals surface area contributed by atoms with E-state index >= 15 is 0 Å². The molecule has 1 atom stereocenters. The van der Waals surface area contributed by atoms with Crippen molar-refractivity contribution in [2.45, 2.75) is 24.8 Å². The molecule has 96 valence electrons. The molecule has 0 saturated carbocycles. The van der Waals surface area contributed by atoms with Crippen LogP contribution in [0.25, 0.3) is 0 Å². The Bertz CT molecular complexity index is 461. The summed E-state index contributed by atoms with van der Waals surface area (Å²) >= 11 is 0. The summed E-state index contributed by atoms with van der Waals surface area (Å²) < 4.78 is 0. The lowest BCUT2D eigenvalue weighted by molar-refractivity contribution is -0.131. The fourth-order valence-electron chi connectivity index (χ4n) is 2.69. The Morgan fingerprint density at radius 3 is 2.33 bits per heavy atom. The van der Waals surface area contributed by atoms with Crippen LogP contribution in [0.3, 0.4) is 0 Å². The highest BCUT2D eigenvalue weighted by atomic mass is 16.2. The molecule has 1 aromatic rings. The Morgan fingerprint density at radius 2 is 1.78 bits per heavy atom. The van der Waals surface area contributed by atoms with Crippen molar-refractivity contribution >= 4 is 11.9 Å². The van der Waals surface area contributed by atoms with E-state index in [4.69, 9.17) is 11.5 Å². The standard InChI is InChI=1S/C13H17N3O2/c14-11(17)13(10-6-2-1-3-7-10)8-4-5-9-16(13)12(15)18/h1-3,6-7H,4-5,8-9H2,(H2,14,17)(H2,15,18). The molecule has 0 radical (unpaired) electrons. The summed E-state index contributed by atoms with van der Waals surface area (Å²) in [7, 11) is 0. The second-order valence-electron chi connectivity index (χ2n) is 4.54. The quantitative estimate of drug-likeness (QED) is 0.814. The van der Waals surface area contributed by atoms with E-state index in [2.05, 4.69) is 0 Å². The number of amides is 3. The van der Waals surface area contributed by atoms with Crippen molar-refractivity contribution in [1.82, 2.24) is 4.90 Å². The maximum absolute atomic E-state index is 12.0. The first kappa shape index (κ1) is 12.4. The summed E-state index contributed by atoms with van der Waals surface area (Å²) in [5, 5.41) is 0. The van der Waals surface area contributed by atoms with Gasteiger partial charge in [0.05, 0.1) is 0 Å². The third-order valence-corrected chi connectivity index (χ3v) is 3.56. The lowest BCUT2D eigenvalue weighted by atomic mass is 9.80. The molecule has 3 amide bonds. The SMILES string of the molecule is NC(=O)N1CCCCC1(C(N)=O)c1ccccc1. The second kappa shape index (κ2) is 4.68. The summed E-state index contributed by atoms with van der Waals surface area (Å²) in [5.41, 5.74) is 10.6. The number of hydrogen-bond donors (Lipinski definition) is 2. The maximum Gasteiger partial charge on any atom is 0.315 e. The lowest BCUT2D eigenvalue weighted by Crippen LogP contribution is -2.60. The first-order valence-electron chi connectivity index (χ1n) is 6.01. The fraction of sp³-hybridized carbons (Fsp3) is 0.385. The fourth-order valence-corrected chi connectivity index (χ4v) is 2.69. The molecule has 1 fully saturated rings. The van der Waals surface area contributed by atoms with Gasteiger partial charge in [-0.3, -0.25) is 4.79 Å². The molecular formula is C13H17N3O2. The maximum atomic E-state index is 12.0. The van der Waals surface area contributed by atoms with Crippen LogP contribution in [0.5, 0.6) is 0 Å². The lowest BCUT2D eigenvalue weighted by Gasteiger charge is -2.44. The van der Waals surface area contributed by atoms with Crippen molar-refractivity contribution in [3.8, 4) is 0 Å². The van der Waals surface area contributed by atoms with Gasteiger partial charge in [-0.1, -0.05) is 30.3 Å². The predicted molar refractivity (Wildman–Crippen MR) is 67.5 cm³/mol. The Hall–Kier alpha value is -2.04. The highest BCUT2D eigenvalue weighted by Crippen LogP contribution is 2.37. The number of carbonyl (C=O) groups is 2. The number of hydrogen-bond acceptors (Lipinski definition) is 2. The van der Waals surface area contributed by atoms with Crippen LogP contribution in [0.1, 0.15) is 24.8 Å². The van der Waals surface area contributed by atoms with Crippen LogP contribution in [0.2, 0.25) is 0 Å². The van der Waals surface area contributed by atoms with Gasteiger partial charge in [-0.25, -0.2) is 4.79 Å². The van der Waals surface area contributed by atoms with E-state index in [0.29, 0.717) is 13.0 Å². The van der Waals surface area contributed by atoms with Gasteiger partial charge in [0.15, 0.2) is 0 Å². The van der Waals surface area contributed by atoms with Crippen LogP contribution >= 0.6 is 0 Å². The number of urea groups is 1. The van der Waals surface area contributed by atoms with Gasteiger partial charge in [-0.15, -0.1) is 0 Å². The minimum absolute atomic E-state index is 0.465. The molecule has 18 heavy (non-hydrogen) atoms. The highest BCUT2D eigenvalue weighted by Gasteiger charge is 2.47. The van der Waals surface area contributed by atoms with Crippen molar-refractivity contribution in [1.29, 1.82) is 0 Å². The average molecular weight is 247 g/mol. The minimum Gasteiger partial charge on any atom is -0.367 e. The molecule has 1 saturated heterocycles. The highest BCUT2D eigenvalue weighted by molar-refractivity contribution is 5.91. The van der Waals surface area contributed by atoms with E-state index in [1.54, 1.807) is 0 Å². The number of carbonyl (C=O) groups excluding carboxylic acids is 2. The van der Waals surface area contributed by atoms with E-state index in [1.807, 2.05) is 30.3 Å². The average Bonchev–Trinajstić information content (AvgIpc) is 2.39. The molecule has 1 unspecified atom stereocenters. The van der Waals surface area contributed by atoms with Gasteiger partial charge in [0.2, 0.25) is 5.91 Å². The van der Waals surface area contributed by atoms with Gasteiger partial charge in [0, 0.05) is 6.54 Å². The molecule has 0 aliphatic carbocycles. The van der Waals surface area contributed by atoms with Gasteiger partial charge >= 0.3 is 6.03 Å². The molecule has 4 N–H and O–H groups in total. The molecule has 1 aromatic carbocycles. The smallest absolute Gasteiger partial charge is 0.315 e. The van der Waals surface area contributed by atoms with Crippen LogP contribution in [0.15, 0.2) is 30.3 Å². The number of nitrogens with zero attached hydrogens (tertiary/aromatic N) is 1. The molecule has 1 aliphatic heterocycles. The molecule has 1 aliphatic rings. The van der Waals surface area contributed by atoms with Crippen molar-refractivity contribution < 1.29 is 9.59 Å². The number of likely N-dealkylation sites (tertiary alicyclic amines) is 1. The summed E-state index contributed by atoms with van der Waals surface area (Å²) in [4.78, 5) is 24.9. The third-order valence-electron chi connectivity index (χ3n) is 3.56. The van der Waals surface area contributed by atoms with Gasteiger partial charge in [-0.05, 0) is 24.8 Å². The van der Waals surface area contributed by atoms with Gasteiger partial charge in [0.1, 0.15) is 5.54 Å². The van der Waals surface area contributed by atoms with Crippen molar-refractivity contribution in [3.63, 3.8) is 0 Å². The molecular weight excluding hydrogens is 230 g/mol. The van der Waals surface area contributed by atoms with E-state index in [0.717, 1.165) is 18.4 Å². The normalized spacial score (nSPS) is 23.7. The van der Waals surface area contributed by atoms with Crippen molar-refractivity contribution in [3.05, 3.63) is 35.9 Å². The molecule has 1 heterocycles. The van der Waals surface area contributed by atoms with Crippen molar-refractivity contribution in [2.75, 3.05) is 6.54 Å². The van der Waals surface area contributed by atoms with Crippen LogP contribution in [-0.4, -0.2) is 23.4 Å². The predicted octanol–water partition coefficient (Wildman–Crippen LogP) is 0.932. The summed E-state index contributed by atoms with van der Waals surface area (Å²) in [5.74, 6) is -0.521. The molecule has 5 heteroatoms. The van der Waals surface area contributed by atoms with Gasteiger partial charge < -0.3 is 16.4 Å². The zero-order chi connectivity index (χ0) is 13.2. The molecule has 5 nitrogen and oxygen atoms in total. The number of nitrogens with two attached hydrogens (primary N) is 2. The molecule has 0 bridgehead atoms. The Labute approximate surface area is 106 Å². The van der Waals surface area contributed by atoms with Crippen LogP contribution in [0, 0.1) is 0 Å². The van der Waals surface area contributed by atoms with E-state index < -0.39 is 17.5 Å². The topological polar surface area (TPSA) is 89.4 Å². The number of primary amides is 2. The summed E-state index contributed by atoms with van der Waals surface area (Å²) in [6.07, 6.45) is 2.21. The van der Waals surface area contributed by atoms with Crippen LogP contribution < -0.4 is 11.5 Å². The van der Waals surface area contributed by atoms with Gasteiger partial charge in [0.25, 0.3) is 0 Å². The Morgan fingerprint density at radius 1 is 1.11 bits per heavy atom. The summed E-state index contributed by atoms with van der Waals surface area (Å²) in [6.45, 7) is 0.465. The zero-order valence-corrected chi connectivity index (χ0v) is 10.1. The van der Waals surface area contributed by atoms with Crippen LogP contribution in [-0.2, 0) is 10.3 Å². The van der Waals surface area contributed by atoms with Gasteiger partial charge in [-0.2, -0.15) is 0 Å². The van der Waals surface area contributed by atoms with E-state index in [-0.39, 0.29) is 0 Å². The monoisotopic (exact) mass is 247 g/mol.